The van der Waals surface area contributed by atoms with Crippen molar-refractivity contribution in [3.8, 4) is 22.4 Å². The Labute approximate surface area is 305 Å². The van der Waals surface area contributed by atoms with Crippen LogP contribution >= 0.6 is 0 Å². The number of aliphatic hydroxyl groups is 2. The molecular formula is C35H37FN2O7Sr. The molecule has 9 nitrogen and oxygen atoms in total. The van der Waals surface area contributed by atoms with Crippen molar-refractivity contribution in [3.63, 3.8) is 0 Å². The molecule has 0 saturated heterocycles. The van der Waals surface area contributed by atoms with Gasteiger partial charge in [0.2, 0.25) is 0 Å². The van der Waals surface area contributed by atoms with Gasteiger partial charge in [-0.25, -0.2) is 4.39 Å². The first kappa shape index (κ1) is 38.9. The number of rotatable bonds is 12. The molecule has 0 aliphatic rings. The number of para-hydroxylation sites is 1. The second-order valence-corrected chi connectivity index (χ2v) is 10.9. The summed E-state index contributed by atoms with van der Waals surface area (Å²) >= 11 is 0. The number of anilines is 1. The van der Waals surface area contributed by atoms with Crippen LogP contribution in [-0.4, -0.2) is 90.3 Å². The molecule has 1 amide bonds. The number of carbonyl (C=O) groups excluding carboxylic acids is 3. The van der Waals surface area contributed by atoms with E-state index in [0.29, 0.717) is 28.1 Å². The molecule has 3 aromatic carbocycles. The Balaban J connectivity index is 0.00000139. The van der Waals surface area contributed by atoms with E-state index in [1.807, 2.05) is 66.9 Å². The Morgan fingerprint density at radius 2 is 1.39 bits per heavy atom. The Kier molecular flexibility index (Phi) is 15.8. The van der Waals surface area contributed by atoms with Crippen LogP contribution in [-0.2, 0) is 16.1 Å². The molecule has 1 aromatic heterocycles. The van der Waals surface area contributed by atoms with E-state index in [2.05, 4.69) is 5.32 Å². The summed E-state index contributed by atoms with van der Waals surface area (Å²) in [6, 6.07) is 24.7. The van der Waals surface area contributed by atoms with Crippen LogP contribution in [0, 0.1) is 5.82 Å². The summed E-state index contributed by atoms with van der Waals surface area (Å²) < 4.78 is 16.0. The molecule has 11 heteroatoms. The number of carboxylic acid groups (broad SMARTS) is 2. The van der Waals surface area contributed by atoms with E-state index in [4.69, 9.17) is 9.90 Å². The third-order valence-electron chi connectivity index (χ3n) is 6.92. The van der Waals surface area contributed by atoms with Crippen LogP contribution in [0.5, 0.6) is 0 Å². The molecular weight excluding hydrogens is 667 g/mol. The maximum absolute atomic E-state index is 14.0. The molecule has 0 aliphatic heterocycles. The molecule has 0 fully saturated rings. The number of hydrogen-bond acceptors (Lipinski definition) is 7. The third-order valence-corrected chi connectivity index (χ3v) is 6.92. The van der Waals surface area contributed by atoms with E-state index < -0.39 is 36.4 Å². The fraction of sp³-hybridized carbons (Fsp3) is 0.286. The van der Waals surface area contributed by atoms with E-state index in [0.717, 1.165) is 18.2 Å². The molecule has 0 bridgehead atoms. The average Bonchev–Trinajstić information content (AvgIpc) is 3.32. The fourth-order valence-corrected chi connectivity index (χ4v) is 5.19. The number of aliphatic hydroxyl groups excluding tert-OH is 2. The second kappa shape index (κ2) is 18.7. The van der Waals surface area contributed by atoms with Gasteiger partial charge in [-0.2, -0.15) is 0 Å². The summed E-state index contributed by atoms with van der Waals surface area (Å²) in [6.45, 7) is 5.20. The van der Waals surface area contributed by atoms with Crippen molar-refractivity contribution >= 4 is 69.0 Å². The van der Waals surface area contributed by atoms with Crippen molar-refractivity contribution in [2.45, 2.75) is 64.7 Å². The minimum atomic E-state index is -1.39. The van der Waals surface area contributed by atoms with Crippen LogP contribution in [0.3, 0.4) is 0 Å². The minimum Gasteiger partial charge on any atom is -0.550 e. The van der Waals surface area contributed by atoms with Crippen LogP contribution < -0.4 is 15.5 Å². The van der Waals surface area contributed by atoms with Gasteiger partial charge in [0, 0.05) is 41.8 Å². The molecule has 0 unspecified atom stereocenters. The van der Waals surface area contributed by atoms with E-state index in [1.165, 1.54) is 12.1 Å². The molecule has 0 radical (unpaired) electrons. The van der Waals surface area contributed by atoms with Crippen molar-refractivity contribution < 1.29 is 39.2 Å². The molecule has 4 aromatic rings. The van der Waals surface area contributed by atoms with Crippen LogP contribution in [0.4, 0.5) is 10.1 Å². The fourth-order valence-electron chi connectivity index (χ4n) is 5.19. The van der Waals surface area contributed by atoms with Gasteiger partial charge in [0.1, 0.15) is 5.82 Å². The van der Waals surface area contributed by atoms with Gasteiger partial charge >= 0.3 is 45.5 Å². The van der Waals surface area contributed by atoms with Crippen LogP contribution in [0.25, 0.3) is 22.4 Å². The molecule has 0 saturated carbocycles. The molecule has 1 heterocycles. The van der Waals surface area contributed by atoms with Gasteiger partial charge in [0.05, 0.1) is 23.5 Å². The van der Waals surface area contributed by atoms with E-state index in [9.17, 15) is 29.3 Å². The van der Waals surface area contributed by atoms with Gasteiger partial charge in [0.25, 0.3) is 5.91 Å². The van der Waals surface area contributed by atoms with Gasteiger partial charge in [-0.15, -0.1) is 0 Å². The first-order valence-corrected chi connectivity index (χ1v) is 14.6. The van der Waals surface area contributed by atoms with Crippen LogP contribution in [0.1, 0.15) is 62.0 Å². The number of benzene rings is 3. The Morgan fingerprint density at radius 1 is 0.848 bits per heavy atom. The van der Waals surface area contributed by atoms with Crippen LogP contribution in [0.15, 0.2) is 84.9 Å². The minimum absolute atomic E-state index is 0. The number of aliphatic carboxylic acids is 2. The summed E-state index contributed by atoms with van der Waals surface area (Å²) in [5.74, 6) is -3.29. The maximum Gasteiger partial charge on any atom is 2.00 e. The van der Waals surface area contributed by atoms with Gasteiger partial charge in [-0.3, -0.25) is 4.79 Å². The number of nitrogens with zero attached hydrogens (tertiary/aromatic N) is 1. The molecule has 2 atom stereocenters. The smallest absolute Gasteiger partial charge is 0.550 e. The number of nitrogens with one attached hydrogen (secondary N) is 1. The number of carbonyl (C=O) groups is 3. The number of amides is 1. The predicted molar refractivity (Wildman–Crippen MR) is 171 cm³/mol. The van der Waals surface area contributed by atoms with Gasteiger partial charge in [-0.05, 0) is 73.2 Å². The standard InChI is InChI=1S/C33H35FN2O5.C2H4O2.Sr/c1-21(2)31-30(33(41)35-25-11-7-4-8-12-25)29(22-9-5-3-6-10-22)32(23-13-15-24(34)16-14-23)36(31)18-17-26(37)19-27(38)20-28(39)40;1-2(3)4;/h3-16,21,26-27,37-38H,17-20H2,1-2H3,(H,35,41)(H,39,40);1H3,(H,3,4);/q;;+2/p-2/t26-,27-;;/m1../s1. The zero-order valence-corrected chi connectivity index (χ0v) is 29.6. The predicted octanol–water partition coefficient (Wildman–Crippen LogP) is 3.35. The second-order valence-electron chi connectivity index (χ2n) is 10.9. The topological polar surface area (TPSA) is 155 Å². The van der Waals surface area contributed by atoms with Gasteiger partial charge < -0.3 is 39.9 Å². The SMILES string of the molecule is CC(=O)[O-].CC(C)c1c(C(=O)Nc2ccccc2)c(-c2ccccc2)c(-c2ccc(F)cc2)n1CC[C@@H](O)C[C@@H](O)CC(=O)[O-].[Sr+2]. The van der Waals surface area contributed by atoms with E-state index >= 15 is 0 Å². The summed E-state index contributed by atoms with van der Waals surface area (Å²) in [6.07, 6.45) is -2.77. The number of carboxylic acids is 2. The monoisotopic (exact) mass is 704 g/mol. The molecule has 0 aliphatic carbocycles. The Hall–Kier alpha value is -3.32. The zero-order chi connectivity index (χ0) is 33.1. The van der Waals surface area contributed by atoms with Crippen molar-refractivity contribution in [2.24, 2.45) is 0 Å². The number of aromatic nitrogens is 1. The average molecular weight is 704 g/mol. The summed E-state index contributed by atoms with van der Waals surface area (Å²) in [7, 11) is 0. The molecule has 4 rings (SSSR count). The molecule has 46 heavy (non-hydrogen) atoms. The van der Waals surface area contributed by atoms with Gasteiger partial charge in [-0.1, -0.05) is 62.4 Å². The summed E-state index contributed by atoms with van der Waals surface area (Å²) in [4.78, 5) is 33.8. The molecule has 3 N–H and O–H groups in total. The van der Waals surface area contributed by atoms with Gasteiger partial charge in [0.15, 0.2) is 0 Å². The molecule has 0 spiro atoms. The van der Waals surface area contributed by atoms with Crippen molar-refractivity contribution in [3.05, 3.63) is 102 Å². The Morgan fingerprint density at radius 3 is 1.91 bits per heavy atom. The van der Waals surface area contributed by atoms with E-state index in [-0.39, 0.29) is 76.7 Å². The van der Waals surface area contributed by atoms with Crippen molar-refractivity contribution in [1.82, 2.24) is 4.57 Å². The Bertz CT molecular complexity index is 1570. The first-order valence-electron chi connectivity index (χ1n) is 14.6. The number of halogens is 1. The van der Waals surface area contributed by atoms with Crippen molar-refractivity contribution in [1.29, 1.82) is 0 Å². The van der Waals surface area contributed by atoms with Crippen molar-refractivity contribution in [2.75, 3.05) is 5.32 Å². The largest absolute Gasteiger partial charge is 2.00 e. The summed E-state index contributed by atoms with van der Waals surface area (Å²) in [5.41, 5.74) is 4.72. The normalized spacial score (nSPS) is 11.9. The number of hydrogen-bond donors (Lipinski definition) is 3. The quantitative estimate of drug-likeness (QED) is 0.191. The third kappa shape index (κ3) is 11.2. The van der Waals surface area contributed by atoms with E-state index in [1.54, 1.807) is 24.3 Å². The molecule has 238 valence electrons. The van der Waals surface area contributed by atoms with Crippen LogP contribution in [0.2, 0.25) is 0 Å². The zero-order valence-electron chi connectivity index (χ0n) is 26.1. The summed E-state index contributed by atoms with van der Waals surface area (Å²) in [5, 5.41) is 43.5. The first-order chi connectivity index (χ1) is 21.4. The maximum atomic E-state index is 14.0.